The number of rotatable bonds is 5. The monoisotopic (exact) mass is 370 g/mol. The van der Waals surface area contributed by atoms with Crippen molar-refractivity contribution in [1.29, 1.82) is 0 Å². The fraction of sp³-hybridized carbons (Fsp3) is 0.263. The molecule has 8 nitrogen and oxygen atoms in total. The minimum absolute atomic E-state index is 0.0303. The van der Waals surface area contributed by atoms with Crippen LogP contribution >= 0.6 is 0 Å². The molecule has 1 amide bonds. The van der Waals surface area contributed by atoms with Crippen LogP contribution < -0.4 is 4.74 Å². The molecule has 0 aliphatic carbocycles. The number of carbonyl (C=O) groups is 2. The van der Waals surface area contributed by atoms with Gasteiger partial charge in [0.05, 0.1) is 15.9 Å². The summed E-state index contributed by atoms with van der Waals surface area (Å²) in [6, 6.07) is 12.6. The third kappa shape index (κ3) is 3.74. The molecule has 1 aliphatic rings. The molecule has 1 atom stereocenters. The van der Waals surface area contributed by atoms with Crippen LogP contribution in [0.15, 0.2) is 48.5 Å². The van der Waals surface area contributed by atoms with Crippen molar-refractivity contribution in [3.63, 3.8) is 0 Å². The van der Waals surface area contributed by atoms with Gasteiger partial charge in [-0.3, -0.25) is 19.7 Å². The van der Waals surface area contributed by atoms with Crippen molar-refractivity contribution in [2.45, 2.75) is 13.3 Å². The number of aliphatic carboxylic acids is 1. The second-order valence-electron chi connectivity index (χ2n) is 6.70. The topological polar surface area (TPSA) is 110 Å². The minimum Gasteiger partial charge on any atom is -0.481 e. The van der Waals surface area contributed by atoms with E-state index >= 15 is 0 Å². The molecule has 140 valence electrons. The zero-order valence-electron chi connectivity index (χ0n) is 14.6. The molecular weight excluding hydrogens is 352 g/mol. The van der Waals surface area contributed by atoms with Gasteiger partial charge in [0, 0.05) is 25.2 Å². The van der Waals surface area contributed by atoms with Crippen LogP contribution in [-0.2, 0) is 4.79 Å². The molecule has 2 aromatic rings. The Morgan fingerprint density at radius 1 is 1.22 bits per heavy atom. The highest BCUT2D eigenvalue weighted by Crippen LogP contribution is 2.34. The lowest BCUT2D eigenvalue weighted by Crippen LogP contribution is -2.35. The lowest BCUT2D eigenvalue weighted by Gasteiger charge is -2.21. The summed E-state index contributed by atoms with van der Waals surface area (Å²) in [4.78, 5) is 36.3. The number of hydrogen-bond donors (Lipinski definition) is 1. The average Bonchev–Trinajstić information content (AvgIpc) is 3.06. The molecule has 1 saturated heterocycles. The Morgan fingerprint density at radius 2 is 1.93 bits per heavy atom. The van der Waals surface area contributed by atoms with Crippen LogP contribution in [0.2, 0.25) is 0 Å². The second kappa shape index (κ2) is 7.06. The zero-order valence-corrected chi connectivity index (χ0v) is 14.6. The molecule has 1 heterocycles. The molecule has 1 aliphatic heterocycles. The van der Waals surface area contributed by atoms with E-state index in [1.54, 1.807) is 31.2 Å². The Bertz CT molecular complexity index is 898. The van der Waals surface area contributed by atoms with E-state index in [9.17, 15) is 24.8 Å². The number of nitrogens with zero attached hydrogens (tertiary/aromatic N) is 2. The molecule has 3 rings (SSSR count). The first-order valence-corrected chi connectivity index (χ1v) is 8.34. The lowest BCUT2D eigenvalue weighted by molar-refractivity contribution is -0.384. The maximum Gasteiger partial charge on any atom is 0.311 e. The zero-order chi connectivity index (χ0) is 19.6. The van der Waals surface area contributed by atoms with E-state index in [1.165, 1.54) is 17.0 Å². The number of nitro benzene ring substituents is 1. The van der Waals surface area contributed by atoms with E-state index in [1.807, 2.05) is 6.07 Å². The normalized spacial score (nSPS) is 18.9. The Hall–Kier alpha value is -3.42. The summed E-state index contributed by atoms with van der Waals surface area (Å²) >= 11 is 0. The Balaban J connectivity index is 1.94. The molecule has 0 saturated carbocycles. The van der Waals surface area contributed by atoms with Crippen LogP contribution in [0.3, 0.4) is 0 Å². The summed E-state index contributed by atoms with van der Waals surface area (Å²) in [6.07, 6.45) is 0.317. The molecule has 8 heteroatoms. The van der Waals surface area contributed by atoms with Gasteiger partial charge in [0.25, 0.3) is 11.6 Å². The van der Waals surface area contributed by atoms with Crippen molar-refractivity contribution in [3.05, 3.63) is 64.2 Å². The molecule has 1 fully saturated rings. The first-order chi connectivity index (χ1) is 12.8. The van der Waals surface area contributed by atoms with Crippen molar-refractivity contribution in [3.8, 4) is 11.5 Å². The first-order valence-electron chi connectivity index (χ1n) is 8.34. The molecule has 0 bridgehead atoms. The molecule has 27 heavy (non-hydrogen) atoms. The average molecular weight is 370 g/mol. The number of hydrogen-bond acceptors (Lipinski definition) is 5. The van der Waals surface area contributed by atoms with E-state index in [0.29, 0.717) is 12.2 Å². The minimum atomic E-state index is -1.03. The summed E-state index contributed by atoms with van der Waals surface area (Å²) in [6.45, 7) is 1.88. The maximum absolute atomic E-state index is 13.0. The van der Waals surface area contributed by atoms with E-state index in [0.717, 1.165) is 6.07 Å². The van der Waals surface area contributed by atoms with Gasteiger partial charge in [0.1, 0.15) is 11.5 Å². The molecule has 1 unspecified atom stereocenters. The predicted octanol–water partition coefficient (Wildman–Crippen LogP) is 3.32. The third-order valence-electron chi connectivity index (χ3n) is 4.65. The quantitative estimate of drug-likeness (QED) is 0.638. The smallest absolute Gasteiger partial charge is 0.311 e. The van der Waals surface area contributed by atoms with Gasteiger partial charge in [-0.1, -0.05) is 18.2 Å². The molecule has 0 spiro atoms. The van der Waals surface area contributed by atoms with Crippen LogP contribution in [0.5, 0.6) is 11.5 Å². The first kappa shape index (κ1) is 18.4. The van der Waals surface area contributed by atoms with Gasteiger partial charge in [-0.05, 0) is 31.5 Å². The Morgan fingerprint density at radius 3 is 2.52 bits per heavy atom. The van der Waals surface area contributed by atoms with Gasteiger partial charge < -0.3 is 14.7 Å². The van der Waals surface area contributed by atoms with Gasteiger partial charge in [0.15, 0.2) is 0 Å². The maximum atomic E-state index is 13.0. The van der Waals surface area contributed by atoms with Gasteiger partial charge in [-0.2, -0.15) is 0 Å². The van der Waals surface area contributed by atoms with E-state index in [4.69, 9.17) is 4.74 Å². The lowest BCUT2D eigenvalue weighted by atomic mass is 9.90. The number of amides is 1. The fourth-order valence-electron chi connectivity index (χ4n) is 2.98. The van der Waals surface area contributed by atoms with Crippen LogP contribution in [0.1, 0.15) is 23.7 Å². The summed E-state index contributed by atoms with van der Waals surface area (Å²) < 4.78 is 5.74. The van der Waals surface area contributed by atoms with E-state index in [2.05, 4.69) is 0 Å². The number of carboxylic acid groups (broad SMARTS) is 1. The molecule has 0 radical (unpaired) electrons. The second-order valence-corrected chi connectivity index (χ2v) is 6.70. The fourth-order valence-corrected chi connectivity index (χ4v) is 2.98. The van der Waals surface area contributed by atoms with Crippen molar-refractivity contribution in [2.24, 2.45) is 5.41 Å². The SMILES string of the molecule is CC1(C(=O)O)CCN(C(=O)c2cc([N+](=O)[O-])ccc2Oc2ccccc2)C1. The number of ether oxygens (including phenoxy) is 1. The Labute approximate surface area is 155 Å². The van der Waals surface area contributed by atoms with Crippen molar-refractivity contribution in [2.75, 3.05) is 13.1 Å². The highest BCUT2D eigenvalue weighted by atomic mass is 16.6. The number of carbonyl (C=O) groups excluding carboxylic acids is 1. The van der Waals surface area contributed by atoms with Crippen LogP contribution in [-0.4, -0.2) is 39.9 Å². The number of benzene rings is 2. The third-order valence-corrected chi connectivity index (χ3v) is 4.65. The largest absolute Gasteiger partial charge is 0.481 e. The van der Waals surface area contributed by atoms with Gasteiger partial charge >= 0.3 is 5.97 Å². The number of nitro groups is 1. The predicted molar refractivity (Wildman–Crippen MR) is 95.9 cm³/mol. The number of non-ortho nitro benzene ring substituents is 1. The highest BCUT2D eigenvalue weighted by molar-refractivity contribution is 5.98. The van der Waals surface area contributed by atoms with Crippen molar-refractivity contribution >= 4 is 17.6 Å². The highest BCUT2D eigenvalue weighted by Gasteiger charge is 2.42. The number of carboxylic acids is 1. The van der Waals surface area contributed by atoms with Crippen LogP contribution in [0.25, 0.3) is 0 Å². The summed E-state index contributed by atoms with van der Waals surface area (Å²) in [5, 5.41) is 20.5. The summed E-state index contributed by atoms with van der Waals surface area (Å²) in [5.74, 6) is -0.801. The van der Waals surface area contributed by atoms with Crippen LogP contribution in [0, 0.1) is 15.5 Å². The van der Waals surface area contributed by atoms with Crippen molar-refractivity contribution in [1.82, 2.24) is 4.90 Å². The molecule has 2 aromatic carbocycles. The van der Waals surface area contributed by atoms with Gasteiger partial charge in [0.2, 0.25) is 0 Å². The number of para-hydroxylation sites is 1. The van der Waals surface area contributed by atoms with Crippen LogP contribution in [0.4, 0.5) is 5.69 Å². The summed E-state index contributed by atoms with van der Waals surface area (Å²) in [5.41, 5.74) is -1.24. The standard InChI is InChI=1S/C19H18N2O6/c1-19(18(23)24)9-10-20(12-19)17(22)15-11-13(21(25)26)7-8-16(15)27-14-5-3-2-4-6-14/h2-8,11H,9-10,12H2,1H3,(H,23,24). The summed E-state index contributed by atoms with van der Waals surface area (Å²) in [7, 11) is 0. The van der Waals surface area contributed by atoms with E-state index < -0.39 is 22.2 Å². The molecular formula is C19H18N2O6. The number of likely N-dealkylation sites (tertiary alicyclic amines) is 1. The molecule has 0 aromatic heterocycles. The van der Waals surface area contributed by atoms with Gasteiger partial charge in [-0.25, -0.2) is 0 Å². The van der Waals surface area contributed by atoms with Crippen molar-refractivity contribution < 1.29 is 24.4 Å². The van der Waals surface area contributed by atoms with E-state index in [-0.39, 0.29) is 30.1 Å². The Kier molecular flexibility index (Phi) is 4.81. The van der Waals surface area contributed by atoms with Gasteiger partial charge in [-0.15, -0.1) is 0 Å². The molecule has 1 N–H and O–H groups in total.